The number of hydrogen-bond donors (Lipinski definition) is 3. The Hall–Kier alpha value is -3.35. The molecule has 0 aliphatic heterocycles. The first-order valence-corrected chi connectivity index (χ1v) is 7.56. The Morgan fingerprint density at radius 1 is 1.12 bits per heavy atom. The zero-order valence-electron chi connectivity index (χ0n) is 13.7. The van der Waals surface area contributed by atoms with Gasteiger partial charge < -0.3 is 21.0 Å². The van der Waals surface area contributed by atoms with Crippen LogP contribution in [0.1, 0.15) is 21.5 Å². The van der Waals surface area contributed by atoms with Crippen LogP contribution in [0.15, 0.2) is 59.8 Å². The Labute approximate surface area is 145 Å². The van der Waals surface area contributed by atoms with E-state index in [-0.39, 0.29) is 23.4 Å². The minimum absolute atomic E-state index is 0.191. The summed E-state index contributed by atoms with van der Waals surface area (Å²) in [5.74, 6) is -1.27. The molecule has 0 aliphatic rings. The smallest absolute Gasteiger partial charge is 0.328 e. The minimum Gasteiger partial charge on any atom is -0.467 e. The average Bonchev–Trinajstić information content (AvgIpc) is 2.66. The van der Waals surface area contributed by atoms with Gasteiger partial charge in [-0.2, -0.15) is 0 Å². The van der Waals surface area contributed by atoms with Crippen molar-refractivity contribution in [2.24, 2.45) is 10.9 Å². The number of nitrogens with one attached hydrogen (secondary N) is 1. The lowest BCUT2D eigenvalue weighted by molar-refractivity contribution is -0.142. The predicted octanol–water partition coefficient (Wildman–Crippen LogP) is 1.30. The molecule has 0 fully saturated rings. The van der Waals surface area contributed by atoms with Gasteiger partial charge in [-0.1, -0.05) is 53.7 Å². The Kier molecular flexibility index (Phi) is 6.11. The second kappa shape index (κ2) is 8.49. The fraction of sp³-hybridized carbons (Fsp3) is 0.167. The number of hydrogen-bond acceptors (Lipinski definition) is 5. The van der Waals surface area contributed by atoms with Gasteiger partial charge in [0, 0.05) is 12.0 Å². The Morgan fingerprint density at radius 3 is 2.32 bits per heavy atom. The highest BCUT2D eigenvalue weighted by molar-refractivity contribution is 6.09. The molecule has 2 aromatic carbocycles. The van der Waals surface area contributed by atoms with Crippen molar-refractivity contribution in [2.45, 2.75) is 12.5 Å². The molecular weight excluding hydrogens is 322 g/mol. The van der Waals surface area contributed by atoms with Crippen LogP contribution in [0.4, 0.5) is 0 Å². The van der Waals surface area contributed by atoms with E-state index < -0.39 is 17.9 Å². The van der Waals surface area contributed by atoms with E-state index in [0.29, 0.717) is 0 Å². The first-order valence-electron chi connectivity index (χ1n) is 7.56. The monoisotopic (exact) mass is 341 g/mol. The van der Waals surface area contributed by atoms with Gasteiger partial charge in [0.05, 0.1) is 12.7 Å². The van der Waals surface area contributed by atoms with E-state index in [1.165, 1.54) is 13.2 Å². The summed E-state index contributed by atoms with van der Waals surface area (Å²) < 4.78 is 4.78. The maximum absolute atomic E-state index is 12.6. The standard InChI is InChI=1S/C18H19N3O4/c1-25-18(23)15(11-12-7-3-2-4-8-12)20-17(22)14-10-6-5-9-13(14)16(19)21-24/h2-10,15,24H,11H2,1H3,(H2,19,21)(H,20,22)/t15-/m0/s1. The minimum atomic E-state index is -0.861. The molecule has 0 aliphatic carbocycles. The Morgan fingerprint density at radius 2 is 1.72 bits per heavy atom. The Bertz CT molecular complexity index is 775. The van der Waals surface area contributed by atoms with Crippen LogP contribution in [0.25, 0.3) is 0 Å². The molecule has 0 radical (unpaired) electrons. The summed E-state index contributed by atoms with van der Waals surface area (Å²) in [5, 5.41) is 14.4. The lowest BCUT2D eigenvalue weighted by Crippen LogP contribution is -2.43. The second-order valence-corrected chi connectivity index (χ2v) is 5.27. The average molecular weight is 341 g/mol. The van der Waals surface area contributed by atoms with Gasteiger partial charge in [-0.25, -0.2) is 4.79 Å². The number of nitrogens with zero attached hydrogens (tertiary/aromatic N) is 1. The third-order valence-electron chi connectivity index (χ3n) is 3.63. The highest BCUT2D eigenvalue weighted by Gasteiger charge is 2.24. The molecule has 7 nitrogen and oxygen atoms in total. The number of amidine groups is 1. The number of ether oxygens (including phenoxy) is 1. The van der Waals surface area contributed by atoms with E-state index in [2.05, 4.69) is 10.5 Å². The van der Waals surface area contributed by atoms with Gasteiger partial charge in [-0.15, -0.1) is 0 Å². The predicted molar refractivity (Wildman–Crippen MR) is 92.4 cm³/mol. The number of benzene rings is 2. The third kappa shape index (κ3) is 4.57. The molecule has 0 saturated carbocycles. The third-order valence-corrected chi connectivity index (χ3v) is 3.63. The molecule has 0 unspecified atom stereocenters. The SMILES string of the molecule is COC(=O)[C@H](Cc1ccccc1)NC(=O)c1ccccc1C(N)=NO. The molecule has 2 aromatic rings. The largest absolute Gasteiger partial charge is 0.467 e. The van der Waals surface area contributed by atoms with Crippen molar-refractivity contribution in [3.8, 4) is 0 Å². The summed E-state index contributed by atoms with van der Waals surface area (Å²) in [5.41, 5.74) is 6.94. The quantitative estimate of drug-likeness (QED) is 0.241. The molecule has 0 bridgehead atoms. The van der Waals surface area contributed by atoms with E-state index in [9.17, 15) is 9.59 Å². The van der Waals surface area contributed by atoms with Crippen molar-refractivity contribution in [3.63, 3.8) is 0 Å². The number of carbonyl (C=O) groups excluding carboxylic acids is 2. The first-order chi connectivity index (χ1) is 12.1. The molecule has 0 saturated heterocycles. The van der Waals surface area contributed by atoms with Crippen molar-refractivity contribution >= 4 is 17.7 Å². The first kappa shape index (κ1) is 18.0. The molecule has 25 heavy (non-hydrogen) atoms. The fourth-order valence-electron chi connectivity index (χ4n) is 2.38. The highest BCUT2D eigenvalue weighted by Crippen LogP contribution is 2.11. The van der Waals surface area contributed by atoms with E-state index in [0.717, 1.165) is 5.56 Å². The zero-order valence-corrected chi connectivity index (χ0v) is 13.7. The number of methoxy groups -OCH3 is 1. The van der Waals surface area contributed by atoms with E-state index in [1.807, 2.05) is 30.3 Å². The number of oxime groups is 1. The lowest BCUT2D eigenvalue weighted by atomic mass is 10.0. The summed E-state index contributed by atoms with van der Waals surface area (Å²) in [6.45, 7) is 0. The zero-order chi connectivity index (χ0) is 18.2. The van der Waals surface area contributed by atoms with Crippen LogP contribution in [0.5, 0.6) is 0 Å². The second-order valence-electron chi connectivity index (χ2n) is 5.27. The van der Waals surface area contributed by atoms with Gasteiger partial charge in [0.2, 0.25) is 0 Å². The van der Waals surface area contributed by atoms with Gasteiger partial charge in [-0.3, -0.25) is 4.79 Å². The van der Waals surface area contributed by atoms with E-state index in [4.69, 9.17) is 15.7 Å². The lowest BCUT2D eigenvalue weighted by Gasteiger charge is -2.17. The van der Waals surface area contributed by atoms with Crippen LogP contribution < -0.4 is 11.1 Å². The van der Waals surface area contributed by atoms with Crippen LogP contribution >= 0.6 is 0 Å². The van der Waals surface area contributed by atoms with Crippen molar-refractivity contribution in [1.82, 2.24) is 5.32 Å². The number of amides is 1. The summed E-state index contributed by atoms with van der Waals surface area (Å²) in [6, 6.07) is 14.8. The van der Waals surface area contributed by atoms with Crippen LogP contribution in [0.3, 0.4) is 0 Å². The number of nitrogens with two attached hydrogens (primary N) is 1. The number of carbonyl (C=O) groups is 2. The molecule has 1 amide bonds. The van der Waals surface area contributed by atoms with Gasteiger partial charge >= 0.3 is 5.97 Å². The molecule has 4 N–H and O–H groups in total. The molecule has 0 aromatic heterocycles. The van der Waals surface area contributed by atoms with Crippen LogP contribution in [-0.4, -0.2) is 36.1 Å². The summed E-state index contributed by atoms with van der Waals surface area (Å²) in [7, 11) is 1.26. The summed E-state index contributed by atoms with van der Waals surface area (Å²) >= 11 is 0. The van der Waals surface area contributed by atoms with Crippen LogP contribution in [0.2, 0.25) is 0 Å². The molecular formula is C18H19N3O4. The van der Waals surface area contributed by atoms with Gasteiger partial charge in [0.25, 0.3) is 5.91 Å². The van der Waals surface area contributed by atoms with E-state index in [1.54, 1.807) is 18.2 Å². The normalized spacial score (nSPS) is 12.3. The highest BCUT2D eigenvalue weighted by atomic mass is 16.5. The van der Waals surface area contributed by atoms with Crippen molar-refractivity contribution in [1.29, 1.82) is 0 Å². The number of rotatable bonds is 6. The molecule has 0 spiro atoms. The molecule has 7 heteroatoms. The van der Waals surface area contributed by atoms with Crippen molar-refractivity contribution in [3.05, 3.63) is 71.3 Å². The molecule has 0 heterocycles. The molecule has 130 valence electrons. The topological polar surface area (TPSA) is 114 Å². The van der Waals surface area contributed by atoms with Crippen LogP contribution in [0, 0.1) is 0 Å². The fourth-order valence-corrected chi connectivity index (χ4v) is 2.38. The van der Waals surface area contributed by atoms with Crippen LogP contribution in [-0.2, 0) is 16.0 Å². The maximum Gasteiger partial charge on any atom is 0.328 e. The van der Waals surface area contributed by atoms with E-state index >= 15 is 0 Å². The number of esters is 1. The van der Waals surface area contributed by atoms with Gasteiger partial charge in [0.1, 0.15) is 6.04 Å². The summed E-state index contributed by atoms with van der Waals surface area (Å²) in [4.78, 5) is 24.6. The van der Waals surface area contributed by atoms with Crippen molar-refractivity contribution in [2.75, 3.05) is 7.11 Å². The van der Waals surface area contributed by atoms with Gasteiger partial charge in [-0.05, 0) is 11.6 Å². The Balaban J connectivity index is 2.24. The molecule has 2 rings (SSSR count). The van der Waals surface area contributed by atoms with Crippen molar-refractivity contribution < 1.29 is 19.5 Å². The maximum atomic E-state index is 12.6. The van der Waals surface area contributed by atoms with Gasteiger partial charge in [0.15, 0.2) is 5.84 Å². The molecule has 1 atom stereocenters. The summed E-state index contributed by atoms with van der Waals surface area (Å²) in [6.07, 6.45) is 0.283.